The lowest BCUT2D eigenvalue weighted by Crippen LogP contribution is -2.46. The van der Waals surface area contributed by atoms with Crippen molar-refractivity contribution in [1.29, 1.82) is 0 Å². The van der Waals surface area contributed by atoms with Crippen LogP contribution in [-0.2, 0) is 0 Å². The molecular weight excluding hydrogens is 220 g/mol. The molecule has 0 bridgehead atoms. The Morgan fingerprint density at radius 1 is 1.06 bits per heavy atom. The van der Waals surface area contributed by atoms with E-state index in [1.165, 1.54) is 64.8 Å². The van der Waals surface area contributed by atoms with E-state index in [1.54, 1.807) is 0 Å². The van der Waals surface area contributed by atoms with Gasteiger partial charge in [0.05, 0.1) is 0 Å². The first-order valence-electron chi connectivity index (χ1n) is 8.05. The van der Waals surface area contributed by atoms with Gasteiger partial charge in [-0.2, -0.15) is 0 Å². The van der Waals surface area contributed by atoms with Crippen LogP contribution in [-0.4, -0.2) is 37.6 Å². The normalized spacial score (nSPS) is 19.7. The van der Waals surface area contributed by atoms with E-state index in [-0.39, 0.29) is 0 Å². The summed E-state index contributed by atoms with van der Waals surface area (Å²) in [4.78, 5) is 2.61. The summed E-state index contributed by atoms with van der Waals surface area (Å²) in [7, 11) is 0. The monoisotopic (exact) mass is 254 g/mol. The van der Waals surface area contributed by atoms with E-state index < -0.39 is 0 Å². The molecule has 0 spiro atoms. The number of hydrogen-bond donors (Lipinski definition) is 1. The zero-order chi connectivity index (χ0) is 13.4. The molecule has 108 valence electrons. The van der Waals surface area contributed by atoms with Crippen molar-refractivity contribution in [3.05, 3.63) is 0 Å². The second kappa shape index (κ2) is 8.16. The van der Waals surface area contributed by atoms with Gasteiger partial charge < -0.3 is 10.2 Å². The largest absolute Gasteiger partial charge is 0.316 e. The topological polar surface area (TPSA) is 15.3 Å². The molecule has 0 amide bonds. The summed E-state index contributed by atoms with van der Waals surface area (Å²) in [5.74, 6) is 0.763. The Hall–Kier alpha value is -0.0800. The number of nitrogens with one attached hydrogen (secondary N) is 1. The predicted molar refractivity (Wildman–Crippen MR) is 81.0 cm³/mol. The van der Waals surface area contributed by atoms with E-state index in [4.69, 9.17) is 0 Å². The van der Waals surface area contributed by atoms with E-state index >= 15 is 0 Å². The summed E-state index contributed by atoms with van der Waals surface area (Å²) in [6.45, 7) is 15.3. The van der Waals surface area contributed by atoms with Crippen molar-refractivity contribution in [3.8, 4) is 0 Å². The minimum atomic E-state index is 0.555. The van der Waals surface area contributed by atoms with Crippen molar-refractivity contribution in [2.45, 2.75) is 59.8 Å². The van der Waals surface area contributed by atoms with Gasteiger partial charge in [0.1, 0.15) is 0 Å². The van der Waals surface area contributed by atoms with Crippen LogP contribution < -0.4 is 5.32 Å². The molecule has 0 heterocycles. The van der Waals surface area contributed by atoms with Gasteiger partial charge in [0.15, 0.2) is 0 Å². The Bertz CT molecular complexity index is 203. The molecule has 0 aromatic rings. The van der Waals surface area contributed by atoms with Gasteiger partial charge >= 0.3 is 0 Å². The van der Waals surface area contributed by atoms with E-state index in [2.05, 4.69) is 37.9 Å². The van der Waals surface area contributed by atoms with E-state index in [0.29, 0.717) is 5.41 Å². The summed E-state index contributed by atoms with van der Waals surface area (Å²) in [6, 6.07) is 0. The first-order valence-corrected chi connectivity index (χ1v) is 8.05. The van der Waals surface area contributed by atoms with E-state index in [1.807, 2.05) is 0 Å². The summed E-state index contributed by atoms with van der Waals surface area (Å²) in [6.07, 6.45) is 7.17. The van der Waals surface area contributed by atoms with Crippen LogP contribution in [0.2, 0.25) is 0 Å². The van der Waals surface area contributed by atoms with Gasteiger partial charge in [0.25, 0.3) is 0 Å². The lowest BCUT2D eigenvalue weighted by Gasteiger charge is -2.41. The molecule has 0 radical (unpaired) electrons. The van der Waals surface area contributed by atoms with Gasteiger partial charge in [-0.25, -0.2) is 0 Å². The molecule has 18 heavy (non-hydrogen) atoms. The maximum atomic E-state index is 3.72. The Balaban J connectivity index is 2.51. The molecule has 0 unspecified atom stereocenters. The van der Waals surface area contributed by atoms with Gasteiger partial charge in [0, 0.05) is 13.1 Å². The van der Waals surface area contributed by atoms with Gasteiger partial charge in [-0.1, -0.05) is 47.0 Å². The van der Waals surface area contributed by atoms with E-state index in [9.17, 15) is 0 Å². The van der Waals surface area contributed by atoms with Crippen LogP contribution in [0.3, 0.4) is 0 Å². The lowest BCUT2D eigenvalue weighted by molar-refractivity contribution is 0.108. The van der Waals surface area contributed by atoms with Gasteiger partial charge in [-0.3, -0.25) is 0 Å². The number of rotatable bonds is 8. The predicted octanol–water partition coefficient (Wildman–Crippen LogP) is 3.52. The first-order chi connectivity index (χ1) is 8.62. The molecule has 0 aliphatic heterocycles. The minimum Gasteiger partial charge on any atom is -0.316 e. The fourth-order valence-electron chi connectivity index (χ4n) is 3.24. The molecule has 2 nitrogen and oxygen atoms in total. The van der Waals surface area contributed by atoms with Gasteiger partial charge in [0.2, 0.25) is 0 Å². The van der Waals surface area contributed by atoms with Gasteiger partial charge in [-0.05, 0) is 43.8 Å². The quantitative estimate of drug-likeness (QED) is 0.713. The molecule has 1 N–H and O–H groups in total. The molecule has 1 saturated carbocycles. The highest BCUT2D eigenvalue weighted by Crippen LogP contribution is 2.36. The minimum absolute atomic E-state index is 0.555. The molecular formula is C16H34N2. The van der Waals surface area contributed by atoms with Crippen molar-refractivity contribution >= 4 is 0 Å². The van der Waals surface area contributed by atoms with Crippen LogP contribution in [0.15, 0.2) is 0 Å². The molecule has 1 aliphatic rings. The van der Waals surface area contributed by atoms with Crippen LogP contribution in [0, 0.1) is 11.3 Å². The lowest BCUT2D eigenvalue weighted by atomic mass is 9.73. The summed E-state index contributed by atoms with van der Waals surface area (Å²) < 4.78 is 0. The Morgan fingerprint density at radius 2 is 1.67 bits per heavy atom. The fraction of sp³-hybridized carbons (Fsp3) is 1.00. The SMILES string of the molecule is CCN(CC)CC1(CNCC(C)C)CCCCC1. The zero-order valence-electron chi connectivity index (χ0n) is 13.1. The van der Waals surface area contributed by atoms with Crippen LogP contribution in [0.1, 0.15) is 59.8 Å². The molecule has 0 aromatic carbocycles. The highest BCUT2D eigenvalue weighted by molar-refractivity contribution is 4.87. The molecule has 0 atom stereocenters. The third-order valence-electron chi connectivity index (χ3n) is 4.42. The molecule has 0 saturated heterocycles. The standard InChI is InChI=1S/C16H34N2/c1-5-18(6-2)14-16(10-8-7-9-11-16)13-17-12-15(3)4/h15,17H,5-14H2,1-4H3. The van der Waals surface area contributed by atoms with Crippen molar-refractivity contribution < 1.29 is 0 Å². The molecule has 2 heteroatoms. The van der Waals surface area contributed by atoms with Crippen LogP contribution >= 0.6 is 0 Å². The number of hydrogen-bond acceptors (Lipinski definition) is 2. The second-order valence-corrected chi connectivity index (χ2v) is 6.55. The molecule has 1 fully saturated rings. The van der Waals surface area contributed by atoms with Crippen molar-refractivity contribution in [1.82, 2.24) is 10.2 Å². The second-order valence-electron chi connectivity index (χ2n) is 6.55. The fourth-order valence-corrected chi connectivity index (χ4v) is 3.24. The molecule has 1 rings (SSSR count). The van der Waals surface area contributed by atoms with Crippen LogP contribution in [0.25, 0.3) is 0 Å². The number of nitrogens with zero attached hydrogens (tertiary/aromatic N) is 1. The summed E-state index contributed by atoms with van der Waals surface area (Å²) >= 11 is 0. The Morgan fingerprint density at radius 3 is 2.17 bits per heavy atom. The maximum absolute atomic E-state index is 3.72. The van der Waals surface area contributed by atoms with Crippen molar-refractivity contribution in [2.75, 3.05) is 32.7 Å². The van der Waals surface area contributed by atoms with Crippen LogP contribution in [0.5, 0.6) is 0 Å². The average molecular weight is 254 g/mol. The third kappa shape index (κ3) is 5.27. The Labute approximate surface area is 115 Å². The maximum Gasteiger partial charge on any atom is 0.00499 e. The Kier molecular flexibility index (Phi) is 7.25. The highest BCUT2D eigenvalue weighted by atomic mass is 15.1. The molecule has 1 aliphatic carbocycles. The third-order valence-corrected chi connectivity index (χ3v) is 4.42. The summed E-state index contributed by atoms with van der Waals surface area (Å²) in [5, 5.41) is 3.72. The average Bonchev–Trinajstić information content (AvgIpc) is 2.37. The zero-order valence-corrected chi connectivity index (χ0v) is 13.1. The van der Waals surface area contributed by atoms with E-state index in [0.717, 1.165) is 5.92 Å². The summed E-state index contributed by atoms with van der Waals surface area (Å²) in [5.41, 5.74) is 0.555. The first kappa shape index (κ1) is 16.0. The van der Waals surface area contributed by atoms with Crippen LogP contribution in [0.4, 0.5) is 0 Å². The molecule has 0 aromatic heterocycles. The smallest absolute Gasteiger partial charge is 0.00499 e. The van der Waals surface area contributed by atoms with Gasteiger partial charge in [-0.15, -0.1) is 0 Å². The van der Waals surface area contributed by atoms with Crippen molar-refractivity contribution in [2.24, 2.45) is 11.3 Å². The van der Waals surface area contributed by atoms with Crippen molar-refractivity contribution in [3.63, 3.8) is 0 Å². The highest BCUT2D eigenvalue weighted by Gasteiger charge is 2.32.